The van der Waals surface area contributed by atoms with Gasteiger partial charge in [0.2, 0.25) is 0 Å². The smallest absolute Gasteiger partial charge is 0.101 e. The molecular weight excluding hydrogens is 230 g/mol. The monoisotopic (exact) mass is 253 g/mol. The Labute approximate surface area is 108 Å². The van der Waals surface area contributed by atoms with Crippen molar-refractivity contribution in [2.75, 3.05) is 0 Å². The second-order valence-electron chi connectivity index (χ2n) is 6.22. The van der Waals surface area contributed by atoms with Gasteiger partial charge in [-0.15, -0.1) is 6.42 Å². The standard InChI is InChI=1S/C14H23NOS/c1-5-12-13(11-9-7-6-8-10-11)15(12)17(16)14(2,3)4/h1,11-13H,6-10H2,2-4H3/t12-,13-,15?,17-/m1/s1. The Kier molecular flexibility index (Phi) is 3.66. The summed E-state index contributed by atoms with van der Waals surface area (Å²) >= 11 is 0. The third-order valence-electron chi connectivity index (χ3n) is 3.82. The highest BCUT2D eigenvalue weighted by atomic mass is 32.2. The molecule has 1 heterocycles. The zero-order valence-corrected chi connectivity index (χ0v) is 11.9. The van der Waals surface area contributed by atoms with Gasteiger partial charge in [0.15, 0.2) is 0 Å². The van der Waals surface area contributed by atoms with Crippen LogP contribution in [0, 0.1) is 18.3 Å². The summed E-state index contributed by atoms with van der Waals surface area (Å²) in [7, 11) is -0.949. The molecule has 1 aliphatic carbocycles. The summed E-state index contributed by atoms with van der Waals surface area (Å²) in [5.41, 5.74) is 0. The van der Waals surface area contributed by atoms with E-state index >= 15 is 0 Å². The molecule has 96 valence electrons. The topological polar surface area (TPSA) is 20.1 Å². The van der Waals surface area contributed by atoms with Gasteiger partial charge in [-0.05, 0) is 39.5 Å². The first-order chi connectivity index (χ1) is 7.96. The minimum absolute atomic E-state index is 0.123. The molecule has 0 N–H and O–H groups in total. The molecule has 2 rings (SSSR count). The lowest BCUT2D eigenvalue weighted by molar-refractivity contribution is 0.337. The van der Waals surface area contributed by atoms with Crippen molar-refractivity contribution in [1.29, 1.82) is 0 Å². The molecular formula is C14H23NOS. The fourth-order valence-electron chi connectivity index (χ4n) is 2.87. The van der Waals surface area contributed by atoms with E-state index in [-0.39, 0.29) is 10.8 Å². The predicted octanol–water partition coefficient (Wildman–Crippen LogP) is 2.71. The molecule has 1 unspecified atom stereocenters. The van der Waals surface area contributed by atoms with Gasteiger partial charge >= 0.3 is 0 Å². The Hall–Kier alpha value is -0.330. The average Bonchev–Trinajstić information content (AvgIpc) is 3.02. The third kappa shape index (κ3) is 2.58. The zero-order valence-electron chi connectivity index (χ0n) is 11.1. The van der Waals surface area contributed by atoms with Crippen molar-refractivity contribution in [3.63, 3.8) is 0 Å². The van der Waals surface area contributed by atoms with E-state index < -0.39 is 11.0 Å². The van der Waals surface area contributed by atoms with Crippen LogP contribution in [0.1, 0.15) is 52.9 Å². The number of hydrogen-bond donors (Lipinski definition) is 0. The summed E-state index contributed by atoms with van der Waals surface area (Å²) in [6, 6.07) is 0.513. The van der Waals surface area contributed by atoms with E-state index in [0.717, 1.165) is 0 Å². The molecule has 0 aromatic carbocycles. The van der Waals surface area contributed by atoms with Crippen molar-refractivity contribution in [1.82, 2.24) is 4.31 Å². The van der Waals surface area contributed by atoms with Crippen LogP contribution in [0.3, 0.4) is 0 Å². The average molecular weight is 253 g/mol. The zero-order chi connectivity index (χ0) is 12.6. The first-order valence-corrected chi connectivity index (χ1v) is 7.74. The molecule has 1 saturated carbocycles. The van der Waals surface area contributed by atoms with Crippen LogP contribution >= 0.6 is 0 Å². The third-order valence-corrected chi connectivity index (χ3v) is 5.72. The lowest BCUT2D eigenvalue weighted by atomic mass is 9.86. The van der Waals surface area contributed by atoms with E-state index in [1.165, 1.54) is 32.1 Å². The molecule has 0 aromatic rings. The van der Waals surface area contributed by atoms with Crippen LogP contribution in [0.5, 0.6) is 0 Å². The fraction of sp³-hybridized carbons (Fsp3) is 0.857. The van der Waals surface area contributed by atoms with Gasteiger partial charge in [-0.1, -0.05) is 25.2 Å². The minimum Gasteiger partial charge on any atom is -0.242 e. The molecule has 0 amide bonds. The van der Waals surface area contributed by atoms with Crippen molar-refractivity contribution in [3.05, 3.63) is 0 Å². The normalized spacial score (nSPS) is 36.2. The SMILES string of the molecule is C#C[C@@H]1[C@@H](C2CCCCC2)N1[S@](=O)C(C)(C)C. The van der Waals surface area contributed by atoms with Crippen LogP contribution in [0.2, 0.25) is 0 Å². The summed E-state index contributed by atoms with van der Waals surface area (Å²) < 4.78 is 14.3. The molecule has 4 atom stereocenters. The van der Waals surface area contributed by atoms with Crippen molar-refractivity contribution < 1.29 is 4.21 Å². The van der Waals surface area contributed by atoms with Gasteiger partial charge in [-0.2, -0.15) is 0 Å². The van der Waals surface area contributed by atoms with Crippen LogP contribution < -0.4 is 0 Å². The van der Waals surface area contributed by atoms with E-state index in [0.29, 0.717) is 12.0 Å². The summed E-state index contributed by atoms with van der Waals surface area (Å²) in [6.45, 7) is 6.06. The first kappa shape index (κ1) is 13.1. The van der Waals surface area contributed by atoms with Crippen LogP contribution in [-0.4, -0.2) is 25.3 Å². The molecule has 2 nitrogen and oxygen atoms in total. The summed E-state index contributed by atoms with van der Waals surface area (Å²) in [5, 5.41) is 0. The van der Waals surface area contributed by atoms with Crippen molar-refractivity contribution in [2.45, 2.75) is 69.7 Å². The van der Waals surface area contributed by atoms with Crippen LogP contribution in [0.4, 0.5) is 0 Å². The molecule has 1 aliphatic heterocycles. The molecule has 17 heavy (non-hydrogen) atoms. The highest BCUT2D eigenvalue weighted by molar-refractivity contribution is 7.84. The lowest BCUT2D eigenvalue weighted by Crippen LogP contribution is -2.30. The maximum absolute atomic E-state index is 12.4. The largest absolute Gasteiger partial charge is 0.242 e. The van der Waals surface area contributed by atoms with Crippen molar-refractivity contribution in [2.24, 2.45) is 5.92 Å². The number of hydrogen-bond acceptors (Lipinski definition) is 1. The maximum Gasteiger partial charge on any atom is 0.101 e. The van der Waals surface area contributed by atoms with Gasteiger partial charge < -0.3 is 0 Å². The van der Waals surface area contributed by atoms with Crippen LogP contribution in [-0.2, 0) is 11.0 Å². The predicted molar refractivity (Wildman–Crippen MR) is 72.7 cm³/mol. The van der Waals surface area contributed by atoms with Crippen molar-refractivity contribution >= 4 is 11.0 Å². The molecule has 0 radical (unpaired) electrons. The fourth-order valence-corrected chi connectivity index (χ4v) is 4.35. The van der Waals surface area contributed by atoms with E-state index in [1.54, 1.807) is 0 Å². The summed E-state index contributed by atoms with van der Waals surface area (Å²) in [4.78, 5) is 0. The quantitative estimate of drug-likeness (QED) is 0.547. The molecule has 0 bridgehead atoms. The van der Waals surface area contributed by atoms with Gasteiger partial charge in [-0.3, -0.25) is 0 Å². The Balaban J connectivity index is 2.05. The molecule has 3 heteroatoms. The van der Waals surface area contributed by atoms with Crippen LogP contribution in [0.15, 0.2) is 0 Å². The van der Waals surface area contributed by atoms with E-state index in [1.807, 2.05) is 20.8 Å². The number of rotatable bonds is 2. The molecule has 0 aromatic heterocycles. The number of nitrogens with zero attached hydrogens (tertiary/aromatic N) is 1. The van der Waals surface area contributed by atoms with Crippen molar-refractivity contribution in [3.8, 4) is 12.3 Å². The molecule has 0 spiro atoms. The Bertz CT molecular complexity index is 346. The van der Waals surface area contributed by atoms with Gasteiger partial charge in [0, 0.05) is 0 Å². The summed E-state index contributed by atoms with van der Waals surface area (Å²) in [5.74, 6) is 3.50. The van der Waals surface area contributed by atoms with Gasteiger partial charge in [0.05, 0.1) is 10.8 Å². The second-order valence-corrected chi connectivity index (χ2v) is 8.37. The Morgan fingerprint density at radius 1 is 1.24 bits per heavy atom. The lowest BCUT2D eigenvalue weighted by Gasteiger charge is -2.23. The van der Waals surface area contributed by atoms with Gasteiger partial charge in [0.25, 0.3) is 0 Å². The van der Waals surface area contributed by atoms with E-state index in [9.17, 15) is 4.21 Å². The Morgan fingerprint density at radius 3 is 2.29 bits per heavy atom. The maximum atomic E-state index is 12.4. The van der Waals surface area contributed by atoms with E-state index in [2.05, 4.69) is 10.2 Å². The first-order valence-electron chi connectivity index (χ1n) is 6.63. The van der Waals surface area contributed by atoms with E-state index in [4.69, 9.17) is 6.42 Å². The molecule has 2 fully saturated rings. The van der Waals surface area contributed by atoms with Gasteiger partial charge in [0.1, 0.15) is 17.0 Å². The Morgan fingerprint density at radius 2 is 1.82 bits per heavy atom. The number of terminal acetylenes is 1. The van der Waals surface area contributed by atoms with Gasteiger partial charge in [-0.25, -0.2) is 8.51 Å². The minimum atomic E-state index is -0.949. The highest BCUT2D eigenvalue weighted by Gasteiger charge is 2.56. The molecule has 2 aliphatic rings. The second kappa shape index (κ2) is 4.74. The molecule has 1 saturated heterocycles. The van der Waals surface area contributed by atoms with Crippen LogP contribution in [0.25, 0.3) is 0 Å². The summed E-state index contributed by atoms with van der Waals surface area (Å²) in [6.07, 6.45) is 12.1. The highest BCUT2D eigenvalue weighted by Crippen LogP contribution is 2.44.